The van der Waals surface area contributed by atoms with E-state index in [9.17, 15) is 0 Å². The quantitative estimate of drug-likeness (QED) is 0.255. The maximum absolute atomic E-state index is 5.86. The second kappa shape index (κ2) is 14.3. The van der Waals surface area contributed by atoms with E-state index in [0.29, 0.717) is 0 Å². The molecule has 1 aromatic carbocycles. The lowest BCUT2D eigenvalue weighted by Crippen LogP contribution is -2.41. The van der Waals surface area contributed by atoms with Crippen LogP contribution in [-0.2, 0) is 11.3 Å². The molecule has 0 spiro atoms. The topological polar surface area (TPSA) is 9.23 Å². The van der Waals surface area contributed by atoms with Crippen LogP contribution >= 0.6 is 0 Å². The summed E-state index contributed by atoms with van der Waals surface area (Å²) in [6.45, 7) is 6.24. The molecular formula is C23H42NO+. The lowest BCUT2D eigenvalue weighted by Gasteiger charge is -2.29. The molecule has 0 fully saturated rings. The Hall–Kier alpha value is -0.860. The highest BCUT2D eigenvalue weighted by molar-refractivity contribution is 5.13. The standard InChI is InChI=1S/C23H42NO/c1-4-5-6-7-8-9-10-11-12-16-20-25-21-19-24(2,3)22-23-17-14-13-15-18-23/h13-15,17-18H,4-12,16,19-22H2,1-3H3/q+1. The van der Waals surface area contributed by atoms with Crippen LogP contribution in [0.3, 0.4) is 0 Å². The predicted octanol–water partition coefficient (Wildman–Crippen LogP) is 6.20. The van der Waals surface area contributed by atoms with Gasteiger partial charge >= 0.3 is 0 Å². The number of benzene rings is 1. The van der Waals surface area contributed by atoms with Crippen molar-refractivity contribution in [2.45, 2.75) is 77.7 Å². The first kappa shape index (κ1) is 22.2. The van der Waals surface area contributed by atoms with E-state index in [4.69, 9.17) is 4.74 Å². The van der Waals surface area contributed by atoms with Crippen LogP contribution in [-0.4, -0.2) is 38.3 Å². The molecule has 144 valence electrons. The van der Waals surface area contributed by atoms with Gasteiger partial charge in [-0.3, -0.25) is 0 Å². The fourth-order valence-electron chi connectivity index (χ4n) is 3.26. The number of hydrogen-bond acceptors (Lipinski definition) is 1. The molecule has 0 saturated carbocycles. The van der Waals surface area contributed by atoms with Crippen molar-refractivity contribution in [3.8, 4) is 0 Å². The molecule has 1 rings (SSSR count). The normalized spacial score (nSPS) is 11.8. The van der Waals surface area contributed by atoms with Crippen LogP contribution in [0.25, 0.3) is 0 Å². The smallest absolute Gasteiger partial charge is 0.104 e. The van der Waals surface area contributed by atoms with Crippen LogP contribution in [0.2, 0.25) is 0 Å². The Morgan fingerprint density at radius 3 is 1.88 bits per heavy atom. The summed E-state index contributed by atoms with van der Waals surface area (Å²) in [5.41, 5.74) is 1.40. The molecule has 2 nitrogen and oxygen atoms in total. The van der Waals surface area contributed by atoms with E-state index in [2.05, 4.69) is 51.4 Å². The molecule has 0 aliphatic heterocycles. The molecule has 0 unspecified atom stereocenters. The van der Waals surface area contributed by atoms with Crippen molar-refractivity contribution < 1.29 is 9.22 Å². The van der Waals surface area contributed by atoms with Crippen LogP contribution in [0.15, 0.2) is 30.3 Å². The van der Waals surface area contributed by atoms with E-state index >= 15 is 0 Å². The van der Waals surface area contributed by atoms with Gasteiger partial charge in [-0.1, -0.05) is 95.0 Å². The highest BCUT2D eigenvalue weighted by atomic mass is 16.5. The minimum atomic E-state index is 0.872. The third-order valence-corrected chi connectivity index (χ3v) is 4.94. The summed E-state index contributed by atoms with van der Waals surface area (Å²) < 4.78 is 6.85. The lowest BCUT2D eigenvalue weighted by molar-refractivity contribution is -0.904. The summed E-state index contributed by atoms with van der Waals surface area (Å²) in [6, 6.07) is 10.8. The molecule has 25 heavy (non-hydrogen) atoms. The Morgan fingerprint density at radius 2 is 1.28 bits per heavy atom. The number of unbranched alkanes of at least 4 members (excludes halogenated alkanes) is 9. The second-order valence-electron chi connectivity index (χ2n) is 8.10. The molecule has 0 aliphatic carbocycles. The van der Waals surface area contributed by atoms with Gasteiger partial charge in [-0.25, -0.2) is 0 Å². The van der Waals surface area contributed by atoms with E-state index in [0.717, 1.165) is 30.8 Å². The van der Waals surface area contributed by atoms with E-state index in [-0.39, 0.29) is 0 Å². The molecule has 0 aliphatic rings. The lowest BCUT2D eigenvalue weighted by atomic mass is 10.1. The zero-order valence-corrected chi connectivity index (χ0v) is 17.1. The molecule has 2 heteroatoms. The van der Waals surface area contributed by atoms with Crippen molar-refractivity contribution in [1.29, 1.82) is 0 Å². The van der Waals surface area contributed by atoms with Gasteiger partial charge in [0.2, 0.25) is 0 Å². The Morgan fingerprint density at radius 1 is 0.720 bits per heavy atom. The first-order valence-corrected chi connectivity index (χ1v) is 10.6. The summed E-state index contributed by atoms with van der Waals surface area (Å²) in [5, 5.41) is 0. The molecule has 0 amide bonds. The Kier molecular flexibility index (Phi) is 12.7. The van der Waals surface area contributed by atoms with E-state index < -0.39 is 0 Å². The average Bonchev–Trinajstić information content (AvgIpc) is 2.59. The van der Waals surface area contributed by atoms with Crippen molar-refractivity contribution >= 4 is 0 Å². The molecule has 0 N–H and O–H groups in total. The molecule has 0 heterocycles. The number of ether oxygens (including phenoxy) is 1. The largest absolute Gasteiger partial charge is 0.376 e. The van der Waals surface area contributed by atoms with Crippen LogP contribution < -0.4 is 0 Å². The predicted molar refractivity (Wildman–Crippen MR) is 110 cm³/mol. The Bertz CT molecular complexity index is 402. The number of rotatable bonds is 16. The molecule has 0 bridgehead atoms. The fourth-order valence-corrected chi connectivity index (χ4v) is 3.26. The van der Waals surface area contributed by atoms with Gasteiger partial charge in [0.1, 0.15) is 13.1 Å². The Balaban J connectivity index is 1.89. The van der Waals surface area contributed by atoms with Crippen LogP contribution in [0.4, 0.5) is 0 Å². The molecular weight excluding hydrogens is 306 g/mol. The first-order chi connectivity index (χ1) is 12.1. The molecule has 1 aromatic rings. The monoisotopic (exact) mass is 348 g/mol. The zero-order chi connectivity index (χ0) is 18.2. The van der Waals surface area contributed by atoms with Gasteiger partial charge in [-0.2, -0.15) is 0 Å². The van der Waals surface area contributed by atoms with Gasteiger partial charge in [-0.05, 0) is 6.42 Å². The molecule has 0 aromatic heterocycles. The van der Waals surface area contributed by atoms with E-state index in [1.807, 2.05) is 0 Å². The molecule has 0 radical (unpaired) electrons. The summed E-state index contributed by atoms with van der Waals surface area (Å²) in [5.74, 6) is 0. The summed E-state index contributed by atoms with van der Waals surface area (Å²) in [4.78, 5) is 0. The van der Waals surface area contributed by atoms with Crippen LogP contribution in [0, 0.1) is 0 Å². The highest BCUT2D eigenvalue weighted by Crippen LogP contribution is 2.11. The van der Waals surface area contributed by atoms with Gasteiger partial charge < -0.3 is 9.22 Å². The highest BCUT2D eigenvalue weighted by Gasteiger charge is 2.15. The third kappa shape index (κ3) is 13.1. The van der Waals surface area contributed by atoms with Crippen molar-refractivity contribution in [3.63, 3.8) is 0 Å². The minimum Gasteiger partial charge on any atom is -0.376 e. The molecule has 0 saturated heterocycles. The van der Waals surface area contributed by atoms with Crippen LogP contribution in [0.1, 0.15) is 76.7 Å². The number of hydrogen-bond donors (Lipinski definition) is 0. The summed E-state index contributed by atoms with van der Waals surface area (Å²) in [6.07, 6.45) is 13.8. The first-order valence-electron chi connectivity index (χ1n) is 10.6. The fraction of sp³-hybridized carbons (Fsp3) is 0.739. The summed E-state index contributed by atoms with van der Waals surface area (Å²) in [7, 11) is 4.58. The number of nitrogens with zero attached hydrogens (tertiary/aromatic N) is 1. The van der Waals surface area contributed by atoms with Gasteiger partial charge in [-0.15, -0.1) is 0 Å². The average molecular weight is 349 g/mol. The SMILES string of the molecule is CCCCCCCCCCCCOCC[N+](C)(C)Cc1ccccc1. The van der Waals surface area contributed by atoms with Gasteiger partial charge in [0.05, 0.1) is 20.7 Å². The van der Waals surface area contributed by atoms with Gasteiger partial charge in [0, 0.05) is 12.2 Å². The van der Waals surface area contributed by atoms with E-state index in [1.165, 1.54) is 69.8 Å². The van der Waals surface area contributed by atoms with Gasteiger partial charge in [0.25, 0.3) is 0 Å². The molecule has 0 atom stereocenters. The third-order valence-electron chi connectivity index (χ3n) is 4.94. The van der Waals surface area contributed by atoms with E-state index in [1.54, 1.807) is 0 Å². The van der Waals surface area contributed by atoms with Crippen molar-refractivity contribution in [3.05, 3.63) is 35.9 Å². The number of likely N-dealkylation sites (N-methyl/N-ethyl adjacent to an activating group) is 1. The maximum atomic E-state index is 5.86. The summed E-state index contributed by atoms with van der Waals surface area (Å²) >= 11 is 0. The van der Waals surface area contributed by atoms with Crippen molar-refractivity contribution in [2.24, 2.45) is 0 Å². The van der Waals surface area contributed by atoms with Crippen LogP contribution in [0.5, 0.6) is 0 Å². The van der Waals surface area contributed by atoms with Crippen molar-refractivity contribution in [1.82, 2.24) is 0 Å². The van der Waals surface area contributed by atoms with Crippen molar-refractivity contribution in [2.75, 3.05) is 33.9 Å². The van der Waals surface area contributed by atoms with Gasteiger partial charge in [0.15, 0.2) is 0 Å². The minimum absolute atomic E-state index is 0.872. The maximum Gasteiger partial charge on any atom is 0.104 e. The second-order valence-corrected chi connectivity index (χ2v) is 8.10. The Labute approximate surface area is 157 Å². The number of quaternary nitrogens is 1. The zero-order valence-electron chi connectivity index (χ0n) is 17.1.